The highest BCUT2D eigenvalue weighted by Crippen LogP contribution is 2.34. The molecule has 5 heteroatoms. The maximum Gasteiger partial charge on any atom is 0.283 e. The third-order valence-electron chi connectivity index (χ3n) is 3.49. The van der Waals surface area contributed by atoms with Crippen molar-refractivity contribution in [2.45, 2.75) is 58.5 Å². The van der Waals surface area contributed by atoms with Crippen LogP contribution < -0.4 is 10.9 Å². The Balaban J connectivity index is 2.04. The molecule has 0 aromatic carbocycles. The molecule has 0 bridgehead atoms. The van der Waals surface area contributed by atoms with Gasteiger partial charge in [0.25, 0.3) is 5.56 Å². The molecule has 0 saturated heterocycles. The van der Waals surface area contributed by atoms with Gasteiger partial charge in [-0.15, -0.1) is 0 Å². The number of nitrogens with zero attached hydrogens (tertiary/aromatic N) is 2. The number of rotatable bonds is 7. The molecule has 2 rings (SSSR count). The Bertz CT molecular complexity index is 482. The van der Waals surface area contributed by atoms with Crippen molar-refractivity contribution < 1.29 is 0 Å². The van der Waals surface area contributed by atoms with Crippen LogP contribution in [0.1, 0.15) is 46.0 Å². The quantitative estimate of drug-likeness (QED) is 0.834. The molecule has 1 aliphatic rings. The molecule has 1 aliphatic carbocycles. The zero-order chi connectivity index (χ0) is 13.8. The molecule has 1 unspecified atom stereocenters. The monoisotopic (exact) mass is 327 g/mol. The van der Waals surface area contributed by atoms with Crippen molar-refractivity contribution in [3.63, 3.8) is 0 Å². The molecule has 4 nitrogen and oxygen atoms in total. The van der Waals surface area contributed by atoms with E-state index in [0.29, 0.717) is 17.1 Å². The van der Waals surface area contributed by atoms with Crippen LogP contribution >= 0.6 is 15.9 Å². The van der Waals surface area contributed by atoms with E-state index in [9.17, 15) is 4.79 Å². The summed E-state index contributed by atoms with van der Waals surface area (Å²) in [5, 5.41) is 7.62. The first-order valence-corrected chi connectivity index (χ1v) is 7.93. The fourth-order valence-electron chi connectivity index (χ4n) is 2.21. The van der Waals surface area contributed by atoms with Crippen LogP contribution in [0.3, 0.4) is 0 Å². The van der Waals surface area contributed by atoms with Crippen molar-refractivity contribution in [2.75, 3.05) is 5.32 Å². The van der Waals surface area contributed by atoms with Crippen LogP contribution in [-0.4, -0.2) is 15.8 Å². The van der Waals surface area contributed by atoms with Crippen molar-refractivity contribution in [3.05, 3.63) is 21.0 Å². The van der Waals surface area contributed by atoms with Gasteiger partial charge in [-0.3, -0.25) is 4.79 Å². The van der Waals surface area contributed by atoms with Gasteiger partial charge in [-0.1, -0.05) is 26.2 Å². The second kappa shape index (κ2) is 6.55. The van der Waals surface area contributed by atoms with Crippen LogP contribution in [-0.2, 0) is 6.54 Å². The predicted molar refractivity (Wildman–Crippen MR) is 81.5 cm³/mol. The van der Waals surface area contributed by atoms with Crippen LogP contribution in [0.15, 0.2) is 15.5 Å². The first kappa shape index (κ1) is 14.6. The van der Waals surface area contributed by atoms with E-state index in [1.54, 1.807) is 6.20 Å². The summed E-state index contributed by atoms with van der Waals surface area (Å²) < 4.78 is 2.13. The van der Waals surface area contributed by atoms with Crippen LogP contribution in [0.25, 0.3) is 0 Å². The highest BCUT2D eigenvalue weighted by molar-refractivity contribution is 9.10. The number of nitrogens with one attached hydrogen (secondary N) is 1. The Morgan fingerprint density at radius 3 is 2.95 bits per heavy atom. The lowest BCUT2D eigenvalue weighted by Crippen LogP contribution is -2.26. The Labute approximate surface area is 122 Å². The van der Waals surface area contributed by atoms with E-state index < -0.39 is 0 Å². The number of unbranched alkanes of at least 4 members (excludes halogenated alkanes) is 1. The molecule has 1 atom stereocenters. The summed E-state index contributed by atoms with van der Waals surface area (Å²) in [6.07, 6.45) is 7.67. The fraction of sp³-hybridized carbons (Fsp3) is 0.714. The van der Waals surface area contributed by atoms with E-state index in [0.717, 1.165) is 24.4 Å². The highest BCUT2D eigenvalue weighted by atomic mass is 79.9. The van der Waals surface area contributed by atoms with E-state index >= 15 is 0 Å². The summed E-state index contributed by atoms with van der Waals surface area (Å²) >= 11 is 3.40. The lowest BCUT2D eigenvalue weighted by molar-refractivity contribution is 0.540. The molecule has 0 aliphatic heterocycles. The third kappa shape index (κ3) is 4.06. The van der Waals surface area contributed by atoms with Crippen LogP contribution in [0.4, 0.5) is 5.69 Å². The second-order valence-electron chi connectivity index (χ2n) is 5.48. The van der Waals surface area contributed by atoms with Crippen LogP contribution in [0, 0.1) is 5.92 Å². The Morgan fingerprint density at radius 1 is 1.58 bits per heavy atom. The molecule has 1 aromatic rings. The van der Waals surface area contributed by atoms with Gasteiger partial charge in [0.05, 0.1) is 11.9 Å². The summed E-state index contributed by atoms with van der Waals surface area (Å²) in [5.74, 6) is 0.874. The van der Waals surface area contributed by atoms with Gasteiger partial charge in [0.15, 0.2) is 0 Å². The standard InChI is InChI=1S/C14H22BrN3O/c1-3-4-7-18-14(19)13(15)12(9-16-18)17-10(2)8-11-5-6-11/h9-11,17H,3-8H2,1-2H3. The van der Waals surface area contributed by atoms with Crippen LogP contribution in [0.5, 0.6) is 0 Å². The van der Waals surface area contributed by atoms with E-state index in [2.05, 4.69) is 40.2 Å². The number of halogens is 1. The smallest absolute Gasteiger partial charge is 0.283 e. The summed E-state index contributed by atoms with van der Waals surface area (Å²) in [6, 6.07) is 0.386. The summed E-state index contributed by atoms with van der Waals surface area (Å²) in [4.78, 5) is 12.1. The highest BCUT2D eigenvalue weighted by Gasteiger charge is 2.24. The molecular weight excluding hydrogens is 306 g/mol. The fourth-order valence-corrected chi connectivity index (χ4v) is 2.63. The van der Waals surface area contributed by atoms with E-state index in [1.165, 1.54) is 23.9 Å². The number of aromatic nitrogens is 2. The second-order valence-corrected chi connectivity index (χ2v) is 6.27. The first-order valence-electron chi connectivity index (χ1n) is 7.14. The minimum atomic E-state index is -0.0444. The third-order valence-corrected chi connectivity index (χ3v) is 4.26. The van der Waals surface area contributed by atoms with Gasteiger partial charge in [-0.2, -0.15) is 5.10 Å². The van der Waals surface area contributed by atoms with Crippen molar-refractivity contribution in [3.8, 4) is 0 Å². The largest absolute Gasteiger partial charge is 0.380 e. The Kier molecular flexibility index (Phi) is 5.02. The normalized spacial score (nSPS) is 16.4. The van der Waals surface area contributed by atoms with Gasteiger partial charge in [-0.25, -0.2) is 4.68 Å². The van der Waals surface area contributed by atoms with Crippen molar-refractivity contribution in [1.29, 1.82) is 0 Å². The average Bonchev–Trinajstić information content (AvgIpc) is 3.18. The molecule has 1 aromatic heterocycles. The molecule has 106 valence electrons. The predicted octanol–water partition coefficient (Wildman–Crippen LogP) is 3.41. The number of anilines is 1. The van der Waals surface area contributed by atoms with E-state index in [1.807, 2.05) is 0 Å². The lowest BCUT2D eigenvalue weighted by atomic mass is 10.1. The van der Waals surface area contributed by atoms with Gasteiger partial charge in [0.2, 0.25) is 0 Å². The number of aryl methyl sites for hydroxylation is 1. The maximum atomic E-state index is 12.1. The average molecular weight is 328 g/mol. The molecule has 19 heavy (non-hydrogen) atoms. The van der Waals surface area contributed by atoms with Crippen molar-refractivity contribution in [2.24, 2.45) is 5.92 Å². The van der Waals surface area contributed by atoms with Gasteiger partial charge < -0.3 is 5.32 Å². The molecule has 1 heterocycles. The Morgan fingerprint density at radius 2 is 2.32 bits per heavy atom. The molecule has 0 spiro atoms. The number of hydrogen-bond donors (Lipinski definition) is 1. The topological polar surface area (TPSA) is 46.9 Å². The molecule has 1 N–H and O–H groups in total. The lowest BCUT2D eigenvalue weighted by Gasteiger charge is -2.16. The molecular formula is C14H22BrN3O. The molecule has 1 fully saturated rings. The SMILES string of the molecule is CCCCn1ncc(NC(C)CC2CC2)c(Br)c1=O. The summed E-state index contributed by atoms with van der Waals surface area (Å²) in [5.41, 5.74) is 0.767. The van der Waals surface area contributed by atoms with Gasteiger partial charge >= 0.3 is 0 Å². The molecule has 0 radical (unpaired) electrons. The van der Waals surface area contributed by atoms with Crippen LogP contribution in [0.2, 0.25) is 0 Å². The van der Waals surface area contributed by atoms with E-state index in [-0.39, 0.29) is 5.56 Å². The zero-order valence-corrected chi connectivity index (χ0v) is 13.2. The minimum Gasteiger partial charge on any atom is -0.380 e. The zero-order valence-electron chi connectivity index (χ0n) is 11.7. The first-order chi connectivity index (χ1) is 9.11. The molecule has 1 saturated carbocycles. The van der Waals surface area contributed by atoms with Gasteiger partial charge in [0.1, 0.15) is 4.47 Å². The van der Waals surface area contributed by atoms with Gasteiger partial charge in [0, 0.05) is 12.6 Å². The summed E-state index contributed by atoms with van der Waals surface area (Å²) in [7, 11) is 0. The van der Waals surface area contributed by atoms with E-state index in [4.69, 9.17) is 0 Å². The van der Waals surface area contributed by atoms with Crippen molar-refractivity contribution in [1.82, 2.24) is 9.78 Å². The summed E-state index contributed by atoms with van der Waals surface area (Å²) in [6.45, 7) is 4.95. The minimum absolute atomic E-state index is 0.0444. The maximum absolute atomic E-state index is 12.1. The molecule has 0 amide bonds. The Hall–Kier alpha value is -0.840. The van der Waals surface area contributed by atoms with Crippen molar-refractivity contribution >= 4 is 21.6 Å². The number of hydrogen-bond acceptors (Lipinski definition) is 3. The van der Waals surface area contributed by atoms with Gasteiger partial charge in [-0.05, 0) is 41.6 Å².